The molecule has 25 heavy (non-hydrogen) atoms. The molecule has 2 aromatic carbocycles. The van der Waals surface area contributed by atoms with Gasteiger partial charge in [-0.2, -0.15) is 0 Å². The molecule has 0 radical (unpaired) electrons. The number of aromatic amines is 1. The minimum Gasteiger partial charge on any atom is -0.462 e. The lowest BCUT2D eigenvalue weighted by molar-refractivity contribution is -0.356. The lowest BCUT2D eigenvalue weighted by Crippen LogP contribution is -2.14. The molecule has 0 unspecified atom stereocenters. The number of carbonyl (C=O) groups is 1. The number of H-pyrrole nitrogens is 1. The summed E-state index contributed by atoms with van der Waals surface area (Å²) in [7, 11) is 0. The number of esters is 1. The Bertz CT molecular complexity index is 950. The average molecular weight is 333 g/mol. The van der Waals surface area contributed by atoms with Crippen molar-refractivity contribution >= 4 is 28.2 Å². The lowest BCUT2D eigenvalue weighted by atomic mass is 10.1. The summed E-state index contributed by atoms with van der Waals surface area (Å²) in [5.74, 6) is -0.289. The van der Waals surface area contributed by atoms with Crippen LogP contribution in [0.2, 0.25) is 0 Å². The van der Waals surface area contributed by atoms with Crippen LogP contribution in [0.4, 0.5) is 11.4 Å². The van der Waals surface area contributed by atoms with Crippen LogP contribution in [0.5, 0.6) is 0 Å². The van der Waals surface area contributed by atoms with Gasteiger partial charge in [-0.15, -0.1) is 0 Å². The number of hydrogen-bond donors (Lipinski definition) is 1. The molecule has 126 valence electrons. The van der Waals surface area contributed by atoms with E-state index in [4.69, 9.17) is 4.74 Å². The first-order valence-corrected chi connectivity index (χ1v) is 8.76. The summed E-state index contributed by atoms with van der Waals surface area (Å²) in [5.41, 5.74) is 6.39. The predicted molar refractivity (Wildman–Crippen MR) is 98.2 cm³/mol. The molecular weight excluding hydrogens is 312 g/mol. The second-order valence-electron chi connectivity index (χ2n) is 6.28. The number of aryl methyl sites for hydroxylation is 1. The first-order valence-electron chi connectivity index (χ1n) is 8.76. The number of nitrogens with one attached hydrogen (secondary N) is 2. The van der Waals surface area contributed by atoms with E-state index in [1.165, 1.54) is 23.1 Å². The normalized spacial score (nSPS) is 12.8. The summed E-state index contributed by atoms with van der Waals surface area (Å²) in [6.07, 6.45) is 3.31. The quantitative estimate of drug-likeness (QED) is 0.733. The highest BCUT2D eigenvalue weighted by Gasteiger charge is 2.24. The van der Waals surface area contributed by atoms with Crippen molar-refractivity contribution in [3.63, 3.8) is 0 Å². The van der Waals surface area contributed by atoms with Gasteiger partial charge >= 0.3 is 5.97 Å². The molecule has 4 heteroatoms. The molecule has 0 amide bonds. The molecule has 4 rings (SSSR count). The van der Waals surface area contributed by atoms with Gasteiger partial charge < -0.3 is 10.1 Å². The van der Waals surface area contributed by atoms with Crippen molar-refractivity contribution < 1.29 is 14.5 Å². The minimum absolute atomic E-state index is 0.289. The third kappa shape index (κ3) is 2.95. The van der Waals surface area contributed by atoms with Gasteiger partial charge in [-0.3, -0.25) is 0 Å². The molecule has 0 aliphatic heterocycles. The van der Waals surface area contributed by atoms with Crippen molar-refractivity contribution in [2.75, 3.05) is 11.9 Å². The van der Waals surface area contributed by atoms with E-state index < -0.39 is 0 Å². The van der Waals surface area contributed by atoms with Crippen LogP contribution in [0.3, 0.4) is 0 Å². The number of fused-ring (bicyclic) bond motifs is 2. The summed E-state index contributed by atoms with van der Waals surface area (Å²) in [5, 5.41) is 4.73. The Morgan fingerprint density at radius 3 is 2.92 bits per heavy atom. The zero-order valence-corrected chi connectivity index (χ0v) is 14.3. The van der Waals surface area contributed by atoms with E-state index in [1.54, 1.807) is 6.07 Å². The van der Waals surface area contributed by atoms with Gasteiger partial charge in [0.1, 0.15) is 0 Å². The molecule has 0 saturated carbocycles. The molecule has 0 atom stereocenters. The Morgan fingerprint density at radius 2 is 2.04 bits per heavy atom. The first-order chi connectivity index (χ1) is 12.3. The number of aromatic nitrogens is 1. The largest absolute Gasteiger partial charge is 0.462 e. The van der Waals surface area contributed by atoms with Crippen LogP contribution in [0.15, 0.2) is 48.5 Å². The number of rotatable bonds is 4. The maximum atomic E-state index is 12.0. The van der Waals surface area contributed by atoms with Crippen LogP contribution in [0.1, 0.15) is 35.0 Å². The van der Waals surface area contributed by atoms with Crippen LogP contribution in [-0.4, -0.2) is 12.6 Å². The molecule has 0 spiro atoms. The van der Waals surface area contributed by atoms with Gasteiger partial charge in [0.2, 0.25) is 5.52 Å². The molecule has 0 fully saturated rings. The summed E-state index contributed by atoms with van der Waals surface area (Å²) < 4.78 is 5.11. The number of hydrogen-bond acceptors (Lipinski definition) is 3. The van der Waals surface area contributed by atoms with Crippen molar-refractivity contribution in [1.29, 1.82) is 0 Å². The van der Waals surface area contributed by atoms with Gasteiger partial charge in [0.05, 0.1) is 23.2 Å². The highest BCUT2D eigenvalue weighted by molar-refractivity contribution is 5.95. The number of pyridine rings is 1. The van der Waals surface area contributed by atoms with Gasteiger partial charge in [-0.1, -0.05) is 18.2 Å². The Labute approximate surface area is 146 Å². The fourth-order valence-corrected chi connectivity index (χ4v) is 3.52. The molecule has 3 aromatic rings. The number of carbonyl (C=O) groups excluding carboxylic acids is 1. The number of ether oxygens (including phenoxy) is 1. The van der Waals surface area contributed by atoms with Crippen molar-refractivity contribution in [1.82, 2.24) is 0 Å². The summed E-state index contributed by atoms with van der Waals surface area (Å²) in [6, 6.07) is 15.8. The second kappa shape index (κ2) is 6.55. The third-order valence-electron chi connectivity index (χ3n) is 4.64. The molecule has 1 aliphatic rings. The van der Waals surface area contributed by atoms with E-state index in [-0.39, 0.29) is 5.97 Å². The van der Waals surface area contributed by atoms with E-state index in [2.05, 4.69) is 28.5 Å². The Hall–Kier alpha value is -2.88. The number of anilines is 2. The minimum atomic E-state index is -0.289. The van der Waals surface area contributed by atoms with E-state index >= 15 is 0 Å². The smallest absolute Gasteiger partial charge is 0.338 e. The van der Waals surface area contributed by atoms with Crippen molar-refractivity contribution in [3.8, 4) is 0 Å². The molecule has 1 aliphatic carbocycles. The zero-order valence-electron chi connectivity index (χ0n) is 14.3. The summed E-state index contributed by atoms with van der Waals surface area (Å²) in [4.78, 5) is 15.6. The summed E-state index contributed by atoms with van der Waals surface area (Å²) in [6.45, 7) is 2.19. The van der Waals surface area contributed by atoms with Crippen LogP contribution < -0.4 is 10.3 Å². The molecule has 0 bridgehead atoms. The maximum absolute atomic E-state index is 12.0. The Kier molecular flexibility index (Phi) is 4.10. The van der Waals surface area contributed by atoms with Gasteiger partial charge in [0.25, 0.3) is 0 Å². The van der Waals surface area contributed by atoms with E-state index in [0.29, 0.717) is 12.2 Å². The SMILES string of the molecule is CCOC(=O)c1cccc(Nc2c3c([nH+]c4ccccc24)CCC3)c1. The Balaban J connectivity index is 1.77. The fraction of sp³-hybridized carbons (Fsp3) is 0.238. The van der Waals surface area contributed by atoms with Gasteiger partial charge in [-0.25, -0.2) is 9.78 Å². The first kappa shape index (κ1) is 15.6. The van der Waals surface area contributed by atoms with Crippen molar-refractivity contribution in [3.05, 3.63) is 65.4 Å². The third-order valence-corrected chi connectivity index (χ3v) is 4.64. The molecule has 2 N–H and O–H groups in total. The Morgan fingerprint density at radius 1 is 1.16 bits per heavy atom. The van der Waals surface area contributed by atoms with Gasteiger partial charge in [0, 0.05) is 23.7 Å². The van der Waals surface area contributed by atoms with Gasteiger partial charge in [-0.05, 0) is 44.0 Å². The van der Waals surface area contributed by atoms with Crippen LogP contribution in [0.25, 0.3) is 10.9 Å². The molecular formula is C21H21N2O2+. The topological polar surface area (TPSA) is 52.5 Å². The van der Waals surface area contributed by atoms with Gasteiger partial charge in [0.15, 0.2) is 5.69 Å². The predicted octanol–water partition coefficient (Wildman–Crippen LogP) is 4.06. The standard InChI is InChI=1S/C21H20N2O2/c1-2-25-21(24)14-7-5-8-15(13-14)22-20-16-9-3-4-11-18(16)23-19-12-6-10-17(19)20/h3-5,7-9,11,13H,2,6,10,12H2,1H3,(H,22,23)/p+1. The van der Waals surface area contributed by atoms with E-state index in [1.807, 2.05) is 31.2 Å². The second-order valence-corrected chi connectivity index (χ2v) is 6.28. The van der Waals surface area contributed by atoms with Crippen LogP contribution in [0, 0.1) is 0 Å². The van der Waals surface area contributed by atoms with E-state index in [9.17, 15) is 4.79 Å². The number of para-hydroxylation sites is 1. The molecule has 4 nitrogen and oxygen atoms in total. The lowest BCUT2D eigenvalue weighted by Gasteiger charge is -2.12. The molecule has 1 heterocycles. The van der Waals surface area contributed by atoms with E-state index in [0.717, 1.165) is 29.7 Å². The highest BCUT2D eigenvalue weighted by atomic mass is 16.5. The van der Waals surface area contributed by atoms with Crippen molar-refractivity contribution in [2.45, 2.75) is 26.2 Å². The summed E-state index contributed by atoms with van der Waals surface area (Å²) >= 11 is 0. The molecule has 0 saturated heterocycles. The molecule has 1 aromatic heterocycles. The zero-order chi connectivity index (χ0) is 17.2. The average Bonchev–Trinajstić information content (AvgIpc) is 3.10. The number of benzene rings is 2. The van der Waals surface area contributed by atoms with Crippen molar-refractivity contribution in [2.24, 2.45) is 0 Å². The maximum Gasteiger partial charge on any atom is 0.338 e. The monoisotopic (exact) mass is 333 g/mol. The van der Waals surface area contributed by atoms with Crippen LogP contribution >= 0.6 is 0 Å². The van der Waals surface area contributed by atoms with Crippen LogP contribution in [-0.2, 0) is 17.6 Å². The fourth-order valence-electron chi connectivity index (χ4n) is 3.52. The highest BCUT2D eigenvalue weighted by Crippen LogP contribution is 2.34.